The van der Waals surface area contributed by atoms with Gasteiger partial charge in [0.25, 0.3) is 5.78 Å². The fraction of sp³-hybridized carbons (Fsp3) is 0.240. The Morgan fingerprint density at radius 3 is 2.20 bits per heavy atom. The number of alkyl halides is 3. The van der Waals surface area contributed by atoms with E-state index in [2.05, 4.69) is 15.2 Å². The fourth-order valence-corrected chi connectivity index (χ4v) is 3.82. The molecule has 10 heteroatoms. The lowest BCUT2D eigenvalue weighted by atomic mass is 9.95. The fourth-order valence-electron chi connectivity index (χ4n) is 3.82. The number of carbonyl (C=O) groups excluding carboxylic acids is 2. The molecular weight excluding hydrogens is 461 g/mol. The Labute approximate surface area is 199 Å². The van der Waals surface area contributed by atoms with Gasteiger partial charge in [-0.15, -0.1) is 5.10 Å². The summed E-state index contributed by atoms with van der Waals surface area (Å²) in [6.07, 6.45) is -3.73. The van der Waals surface area contributed by atoms with Crippen LogP contribution in [0.2, 0.25) is 0 Å². The molecule has 1 aliphatic rings. The number of carbonyl (C=O) groups is 2. The average molecular weight is 482 g/mol. The Hall–Kier alpha value is -4.08. The van der Waals surface area contributed by atoms with E-state index in [1.807, 2.05) is 13.8 Å². The molecule has 0 saturated carbocycles. The van der Waals surface area contributed by atoms with Crippen LogP contribution in [0.4, 0.5) is 19.0 Å². The molecule has 0 unspecified atom stereocenters. The van der Waals surface area contributed by atoms with Gasteiger partial charge in [0.2, 0.25) is 0 Å². The molecule has 0 aliphatic carbocycles. The van der Waals surface area contributed by atoms with Crippen molar-refractivity contribution in [3.63, 3.8) is 0 Å². The zero-order chi connectivity index (χ0) is 25.5. The quantitative estimate of drug-likeness (QED) is 0.321. The van der Waals surface area contributed by atoms with Gasteiger partial charge in [0.1, 0.15) is 11.5 Å². The molecule has 2 aromatic heterocycles. The number of aryl methyl sites for hydroxylation is 1. The molecule has 1 atom stereocenters. The van der Waals surface area contributed by atoms with Crippen LogP contribution in [0.25, 0.3) is 5.76 Å². The standard InChI is InChI=1S/C25H21F3N4O3/c1-13(2)15-5-7-16(8-6-15)22(33)20-21(17-9-10-18(29-12-17)25(26,27)28)32(24(35)23(20)34)19-11-4-14(3)30-31-19/h4-13,21,33H,1-3H3/b22-20-/t21-/m0/s1. The van der Waals surface area contributed by atoms with Crippen molar-refractivity contribution in [2.75, 3.05) is 4.90 Å². The predicted molar refractivity (Wildman–Crippen MR) is 121 cm³/mol. The minimum atomic E-state index is -4.67. The van der Waals surface area contributed by atoms with Crippen LogP contribution in [-0.2, 0) is 15.8 Å². The zero-order valence-corrected chi connectivity index (χ0v) is 19.0. The van der Waals surface area contributed by atoms with Gasteiger partial charge in [-0.05, 0) is 42.2 Å². The molecule has 1 N–H and O–H groups in total. The van der Waals surface area contributed by atoms with Crippen LogP contribution in [0.15, 0.2) is 60.3 Å². The van der Waals surface area contributed by atoms with Crippen LogP contribution in [0.3, 0.4) is 0 Å². The maximum absolute atomic E-state index is 13.1. The second-order valence-electron chi connectivity index (χ2n) is 8.45. The molecule has 1 fully saturated rings. The molecule has 0 bridgehead atoms. The normalized spacial score (nSPS) is 17.9. The first-order valence-corrected chi connectivity index (χ1v) is 10.7. The molecule has 1 amide bonds. The number of nitrogens with zero attached hydrogens (tertiary/aromatic N) is 4. The number of benzene rings is 1. The van der Waals surface area contributed by atoms with E-state index >= 15 is 0 Å². The number of rotatable bonds is 4. The van der Waals surface area contributed by atoms with Crippen molar-refractivity contribution in [1.82, 2.24) is 15.2 Å². The highest BCUT2D eigenvalue weighted by molar-refractivity contribution is 6.51. The van der Waals surface area contributed by atoms with Crippen molar-refractivity contribution in [1.29, 1.82) is 0 Å². The zero-order valence-electron chi connectivity index (χ0n) is 19.0. The number of anilines is 1. The first-order chi connectivity index (χ1) is 16.5. The van der Waals surface area contributed by atoms with Crippen molar-refractivity contribution in [3.8, 4) is 0 Å². The van der Waals surface area contributed by atoms with E-state index in [1.54, 1.807) is 37.3 Å². The van der Waals surface area contributed by atoms with Crippen LogP contribution >= 0.6 is 0 Å². The molecule has 4 rings (SSSR count). The number of pyridine rings is 1. The Morgan fingerprint density at radius 2 is 1.69 bits per heavy atom. The summed E-state index contributed by atoms with van der Waals surface area (Å²) in [4.78, 5) is 30.6. The molecule has 0 radical (unpaired) electrons. The molecule has 1 aromatic carbocycles. The number of aromatic nitrogens is 3. The third-order valence-electron chi connectivity index (χ3n) is 5.72. The van der Waals surface area contributed by atoms with Crippen LogP contribution in [-0.4, -0.2) is 32.0 Å². The summed E-state index contributed by atoms with van der Waals surface area (Å²) in [5, 5.41) is 19.0. The second kappa shape index (κ2) is 8.94. The number of aliphatic hydroxyl groups excluding tert-OH is 1. The van der Waals surface area contributed by atoms with Gasteiger partial charge in [0.15, 0.2) is 5.82 Å². The second-order valence-corrected chi connectivity index (χ2v) is 8.45. The molecule has 1 saturated heterocycles. The molecule has 0 spiro atoms. The first-order valence-electron chi connectivity index (χ1n) is 10.7. The van der Waals surface area contributed by atoms with E-state index in [0.717, 1.165) is 28.8 Å². The molecule has 35 heavy (non-hydrogen) atoms. The lowest BCUT2D eigenvalue weighted by Gasteiger charge is -2.24. The molecule has 1 aliphatic heterocycles. The Bertz CT molecular complexity index is 1300. The minimum Gasteiger partial charge on any atom is -0.507 e. The average Bonchev–Trinajstić information content (AvgIpc) is 3.09. The summed E-state index contributed by atoms with van der Waals surface area (Å²) in [7, 11) is 0. The third-order valence-corrected chi connectivity index (χ3v) is 5.72. The summed E-state index contributed by atoms with van der Waals surface area (Å²) in [5.41, 5.74) is 0.532. The summed E-state index contributed by atoms with van der Waals surface area (Å²) in [6, 6.07) is 10.5. The van der Waals surface area contributed by atoms with Crippen molar-refractivity contribution >= 4 is 23.3 Å². The van der Waals surface area contributed by atoms with E-state index in [4.69, 9.17) is 0 Å². The monoisotopic (exact) mass is 482 g/mol. The minimum absolute atomic E-state index is 0.0109. The number of amides is 1. The maximum Gasteiger partial charge on any atom is 0.433 e. The molecule has 7 nitrogen and oxygen atoms in total. The molecule has 180 valence electrons. The van der Waals surface area contributed by atoms with Crippen LogP contribution in [0.1, 0.15) is 53.9 Å². The van der Waals surface area contributed by atoms with Crippen molar-refractivity contribution in [3.05, 3.63) is 88.4 Å². The lowest BCUT2D eigenvalue weighted by Crippen LogP contribution is -2.30. The first kappa shape index (κ1) is 24.1. The Kier molecular flexibility index (Phi) is 6.14. The predicted octanol–water partition coefficient (Wildman–Crippen LogP) is 4.95. The van der Waals surface area contributed by atoms with E-state index in [9.17, 15) is 27.9 Å². The summed E-state index contributed by atoms with van der Waals surface area (Å²) < 4.78 is 39.2. The highest BCUT2D eigenvalue weighted by atomic mass is 19.4. The van der Waals surface area contributed by atoms with Crippen LogP contribution in [0.5, 0.6) is 0 Å². The smallest absolute Gasteiger partial charge is 0.433 e. The largest absolute Gasteiger partial charge is 0.507 e. The molecule has 3 aromatic rings. The highest BCUT2D eigenvalue weighted by Crippen LogP contribution is 2.42. The molecular formula is C25H21F3N4O3. The van der Waals surface area contributed by atoms with Crippen molar-refractivity contribution < 1.29 is 27.9 Å². The number of aliphatic hydroxyl groups is 1. The maximum atomic E-state index is 13.1. The van der Waals surface area contributed by atoms with E-state index < -0.39 is 35.4 Å². The number of hydrogen-bond acceptors (Lipinski definition) is 6. The van der Waals surface area contributed by atoms with Gasteiger partial charge in [-0.1, -0.05) is 44.2 Å². The summed E-state index contributed by atoms with van der Waals surface area (Å²) in [5.74, 6) is -2.20. The topological polar surface area (TPSA) is 96.3 Å². The number of ketones is 1. The van der Waals surface area contributed by atoms with Gasteiger partial charge in [-0.25, -0.2) is 0 Å². The van der Waals surface area contributed by atoms with Gasteiger partial charge in [0, 0.05) is 11.8 Å². The van der Waals surface area contributed by atoms with E-state index in [1.165, 1.54) is 6.07 Å². The number of hydrogen-bond donors (Lipinski definition) is 1. The van der Waals surface area contributed by atoms with Crippen molar-refractivity contribution in [2.24, 2.45) is 0 Å². The Balaban J connectivity index is 1.89. The van der Waals surface area contributed by atoms with Gasteiger partial charge in [-0.2, -0.15) is 18.3 Å². The highest BCUT2D eigenvalue weighted by Gasteiger charge is 2.48. The lowest BCUT2D eigenvalue weighted by molar-refractivity contribution is -0.141. The number of Topliss-reactive ketones (excluding diaryl/α,β-unsaturated/α-hetero) is 1. The van der Waals surface area contributed by atoms with Crippen LogP contribution in [0, 0.1) is 6.92 Å². The van der Waals surface area contributed by atoms with E-state index in [-0.39, 0.29) is 28.4 Å². The van der Waals surface area contributed by atoms with Gasteiger partial charge < -0.3 is 5.11 Å². The van der Waals surface area contributed by atoms with Gasteiger partial charge >= 0.3 is 12.1 Å². The van der Waals surface area contributed by atoms with E-state index in [0.29, 0.717) is 5.69 Å². The number of halogens is 3. The molecule has 3 heterocycles. The summed E-state index contributed by atoms with van der Waals surface area (Å²) >= 11 is 0. The van der Waals surface area contributed by atoms with Gasteiger partial charge in [0.05, 0.1) is 17.3 Å². The van der Waals surface area contributed by atoms with Crippen molar-refractivity contribution in [2.45, 2.75) is 38.9 Å². The van der Waals surface area contributed by atoms with Crippen LogP contribution < -0.4 is 4.90 Å². The third kappa shape index (κ3) is 4.51. The van der Waals surface area contributed by atoms with Gasteiger partial charge in [-0.3, -0.25) is 19.5 Å². The summed E-state index contributed by atoms with van der Waals surface area (Å²) in [6.45, 7) is 5.68. The Morgan fingerprint density at radius 1 is 1.00 bits per heavy atom. The SMILES string of the molecule is Cc1ccc(N2C(=O)C(=O)/C(=C(\O)c3ccc(C(C)C)cc3)[C@@H]2c2ccc(C(F)(F)F)nc2)nn1.